The highest BCUT2D eigenvalue weighted by atomic mass is 16.6. The fraction of sp³-hybridized carbons (Fsp3) is 0.286. The summed E-state index contributed by atoms with van der Waals surface area (Å²) in [4.78, 5) is 22.2. The van der Waals surface area contributed by atoms with Crippen LogP contribution in [0.4, 0.5) is 5.69 Å². The molecule has 0 N–H and O–H groups in total. The summed E-state index contributed by atoms with van der Waals surface area (Å²) in [5, 5.41) is 11.7. The van der Waals surface area contributed by atoms with E-state index in [1.807, 2.05) is 19.1 Å². The largest absolute Gasteiger partial charge is 0.488 e. The molecule has 27 heavy (non-hydrogen) atoms. The van der Waals surface area contributed by atoms with Crippen molar-refractivity contribution < 1.29 is 14.1 Å². The number of nitro groups is 1. The van der Waals surface area contributed by atoms with Gasteiger partial charge in [0.25, 0.3) is 5.69 Å². The molecular formula is C21H21NO5. The zero-order valence-corrected chi connectivity index (χ0v) is 15.4. The molecular weight excluding hydrogens is 346 g/mol. The molecule has 0 amide bonds. The van der Waals surface area contributed by atoms with Gasteiger partial charge < -0.3 is 9.15 Å². The van der Waals surface area contributed by atoms with E-state index in [9.17, 15) is 14.9 Å². The summed E-state index contributed by atoms with van der Waals surface area (Å²) in [5.74, 6) is 0.622. The molecule has 0 fully saturated rings. The summed E-state index contributed by atoms with van der Waals surface area (Å²) in [5.41, 5.74) is 2.82. The Morgan fingerprint density at radius 3 is 2.56 bits per heavy atom. The first-order valence-electron chi connectivity index (χ1n) is 8.92. The van der Waals surface area contributed by atoms with Crippen molar-refractivity contribution >= 4 is 16.7 Å². The molecule has 2 aromatic carbocycles. The summed E-state index contributed by atoms with van der Waals surface area (Å²) >= 11 is 0. The monoisotopic (exact) mass is 367 g/mol. The van der Waals surface area contributed by atoms with Gasteiger partial charge in [0.2, 0.25) is 0 Å². The molecule has 0 atom stereocenters. The predicted molar refractivity (Wildman–Crippen MR) is 103 cm³/mol. The van der Waals surface area contributed by atoms with Gasteiger partial charge >= 0.3 is 5.63 Å². The minimum Gasteiger partial charge on any atom is -0.488 e. The molecule has 0 radical (unpaired) electrons. The van der Waals surface area contributed by atoms with E-state index in [4.69, 9.17) is 9.15 Å². The quantitative estimate of drug-likeness (QED) is 0.336. The van der Waals surface area contributed by atoms with Crippen LogP contribution in [0.5, 0.6) is 5.75 Å². The van der Waals surface area contributed by atoms with Crippen LogP contribution in [0.3, 0.4) is 0 Å². The second-order valence-electron chi connectivity index (χ2n) is 6.47. The second kappa shape index (κ2) is 8.03. The van der Waals surface area contributed by atoms with Crippen molar-refractivity contribution in [3.05, 3.63) is 79.7 Å². The molecule has 0 aliphatic rings. The molecule has 1 aromatic heterocycles. The number of nitro benzene ring substituents is 1. The van der Waals surface area contributed by atoms with Crippen LogP contribution in [0.25, 0.3) is 11.0 Å². The lowest BCUT2D eigenvalue weighted by Crippen LogP contribution is -2.03. The summed E-state index contributed by atoms with van der Waals surface area (Å²) in [6, 6.07) is 11.6. The van der Waals surface area contributed by atoms with E-state index in [-0.39, 0.29) is 17.9 Å². The third-order valence-corrected chi connectivity index (χ3v) is 4.54. The average molecular weight is 367 g/mol. The topological polar surface area (TPSA) is 82.6 Å². The SMILES string of the molecule is CCCCc1cc(=O)oc2c(C)c(OCc3ccc([N+](=O)[O-])cc3)ccc12. The van der Waals surface area contributed by atoms with Gasteiger partial charge in [-0.1, -0.05) is 13.3 Å². The minimum atomic E-state index is -0.434. The number of nitrogens with zero attached hydrogens (tertiary/aromatic N) is 1. The number of rotatable bonds is 7. The average Bonchev–Trinajstić information content (AvgIpc) is 2.66. The number of ether oxygens (including phenoxy) is 1. The number of benzene rings is 2. The third-order valence-electron chi connectivity index (χ3n) is 4.54. The minimum absolute atomic E-state index is 0.0435. The number of hydrogen-bond donors (Lipinski definition) is 0. The number of non-ortho nitro benzene ring substituents is 1. The van der Waals surface area contributed by atoms with E-state index in [0.29, 0.717) is 11.3 Å². The molecule has 0 unspecified atom stereocenters. The molecule has 6 nitrogen and oxygen atoms in total. The van der Waals surface area contributed by atoms with Crippen LogP contribution in [-0.2, 0) is 13.0 Å². The van der Waals surface area contributed by atoms with E-state index in [1.165, 1.54) is 12.1 Å². The van der Waals surface area contributed by atoms with Crippen LogP contribution in [0, 0.1) is 17.0 Å². The van der Waals surface area contributed by atoms with Crippen LogP contribution in [0.15, 0.2) is 51.7 Å². The summed E-state index contributed by atoms with van der Waals surface area (Å²) < 4.78 is 11.3. The first-order chi connectivity index (χ1) is 13.0. The van der Waals surface area contributed by atoms with Crippen LogP contribution in [0.2, 0.25) is 0 Å². The molecule has 3 aromatic rings. The third kappa shape index (κ3) is 4.16. The van der Waals surface area contributed by atoms with Gasteiger partial charge in [0.05, 0.1) is 4.92 Å². The highest BCUT2D eigenvalue weighted by Crippen LogP contribution is 2.29. The maximum absolute atomic E-state index is 11.9. The zero-order valence-electron chi connectivity index (χ0n) is 15.4. The number of fused-ring (bicyclic) bond motifs is 1. The van der Waals surface area contributed by atoms with Crippen molar-refractivity contribution in [3.63, 3.8) is 0 Å². The predicted octanol–water partition coefficient (Wildman–Crippen LogP) is 4.93. The molecule has 0 spiro atoms. The Morgan fingerprint density at radius 2 is 1.89 bits per heavy atom. The maximum atomic E-state index is 11.9. The van der Waals surface area contributed by atoms with Gasteiger partial charge in [-0.25, -0.2) is 4.79 Å². The van der Waals surface area contributed by atoms with Gasteiger partial charge in [-0.05, 0) is 55.2 Å². The second-order valence-corrected chi connectivity index (χ2v) is 6.47. The van der Waals surface area contributed by atoms with Gasteiger partial charge in [0, 0.05) is 29.1 Å². The Kier molecular flexibility index (Phi) is 5.54. The van der Waals surface area contributed by atoms with Gasteiger partial charge in [0.1, 0.15) is 17.9 Å². The lowest BCUT2D eigenvalue weighted by atomic mass is 10.0. The highest BCUT2D eigenvalue weighted by Gasteiger charge is 2.12. The number of hydrogen-bond acceptors (Lipinski definition) is 5. The van der Waals surface area contributed by atoms with Crippen molar-refractivity contribution in [2.24, 2.45) is 0 Å². The van der Waals surface area contributed by atoms with Gasteiger partial charge in [-0.2, -0.15) is 0 Å². The zero-order chi connectivity index (χ0) is 19.4. The molecule has 6 heteroatoms. The van der Waals surface area contributed by atoms with Gasteiger partial charge in [-0.3, -0.25) is 10.1 Å². The number of aryl methyl sites for hydroxylation is 2. The molecule has 0 bridgehead atoms. The van der Waals surface area contributed by atoms with E-state index in [2.05, 4.69) is 6.92 Å². The summed E-state index contributed by atoms with van der Waals surface area (Å²) in [6.45, 7) is 4.24. The van der Waals surface area contributed by atoms with Crippen molar-refractivity contribution in [2.75, 3.05) is 0 Å². The molecule has 0 saturated carbocycles. The highest BCUT2D eigenvalue weighted by molar-refractivity contribution is 5.85. The normalized spacial score (nSPS) is 10.9. The molecule has 0 aliphatic carbocycles. The standard InChI is InChI=1S/C21H21NO5/c1-3-4-5-16-12-20(23)27-21-14(2)19(11-10-18(16)21)26-13-15-6-8-17(9-7-15)22(24)25/h6-12H,3-5,13H2,1-2H3. The van der Waals surface area contributed by atoms with Crippen molar-refractivity contribution in [1.82, 2.24) is 0 Å². The molecule has 3 rings (SSSR count). The first kappa shape index (κ1) is 18.6. The Morgan fingerprint density at radius 1 is 1.15 bits per heavy atom. The molecule has 1 heterocycles. The summed E-state index contributed by atoms with van der Waals surface area (Å²) in [6.07, 6.45) is 2.90. The van der Waals surface area contributed by atoms with Crippen molar-refractivity contribution in [3.8, 4) is 5.75 Å². The fourth-order valence-corrected chi connectivity index (χ4v) is 3.01. The fourth-order valence-electron chi connectivity index (χ4n) is 3.01. The van der Waals surface area contributed by atoms with E-state index < -0.39 is 4.92 Å². The Bertz CT molecular complexity index is 1020. The van der Waals surface area contributed by atoms with Crippen LogP contribution in [-0.4, -0.2) is 4.92 Å². The van der Waals surface area contributed by atoms with E-state index >= 15 is 0 Å². The molecule has 0 saturated heterocycles. The summed E-state index contributed by atoms with van der Waals surface area (Å²) in [7, 11) is 0. The lowest BCUT2D eigenvalue weighted by Gasteiger charge is -2.12. The van der Waals surface area contributed by atoms with Gasteiger partial charge in [0.15, 0.2) is 0 Å². The Labute approximate surface area is 156 Å². The van der Waals surface area contributed by atoms with Crippen LogP contribution in [0.1, 0.15) is 36.5 Å². The van der Waals surface area contributed by atoms with Crippen molar-refractivity contribution in [2.45, 2.75) is 39.7 Å². The Hall–Kier alpha value is -3.15. The molecule has 140 valence electrons. The van der Waals surface area contributed by atoms with Crippen LogP contribution >= 0.6 is 0 Å². The van der Waals surface area contributed by atoms with E-state index in [0.717, 1.165) is 41.3 Å². The molecule has 0 aliphatic heterocycles. The first-order valence-corrected chi connectivity index (χ1v) is 8.92. The maximum Gasteiger partial charge on any atom is 0.336 e. The smallest absolute Gasteiger partial charge is 0.336 e. The van der Waals surface area contributed by atoms with Gasteiger partial charge in [-0.15, -0.1) is 0 Å². The van der Waals surface area contributed by atoms with E-state index in [1.54, 1.807) is 18.2 Å². The number of unbranched alkanes of at least 4 members (excludes halogenated alkanes) is 1. The van der Waals surface area contributed by atoms with Crippen molar-refractivity contribution in [1.29, 1.82) is 0 Å². The Balaban J connectivity index is 1.86. The van der Waals surface area contributed by atoms with Crippen LogP contribution < -0.4 is 10.4 Å². The lowest BCUT2D eigenvalue weighted by molar-refractivity contribution is -0.384.